The number of nitrogens with zero attached hydrogens (tertiary/aromatic N) is 3. The molecule has 4 heterocycles. The molecule has 5 heteroatoms. The molecule has 2 saturated heterocycles. The number of hydrogen-bond acceptors (Lipinski definition) is 4. The summed E-state index contributed by atoms with van der Waals surface area (Å²) in [4.78, 5) is 9.43. The highest BCUT2D eigenvalue weighted by Crippen LogP contribution is 2.28. The third kappa shape index (κ3) is 2.75. The SMILES string of the molecule is c1cnc2c(c1)nc(C1CCCOC1)n2CC1CCCCO1. The molecule has 4 rings (SSSR count). The molecule has 118 valence electrons. The molecular weight excluding hydrogens is 278 g/mol. The summed E-state index contributed by atoms with van der Waals surface area (Å²) in [5.74, 6) is 1.51. The van der Waals surface area contributed by atoms with Crippen molar-refractivity contribution in [1.29, 1.82) is 0 Å². The minimum Gasteiger partial charge on any atom is -0.381 e. The minimum atomic E-state index is 0.288. The van der Waals surface area contributed by atoms with Crippen LogP contribution in [-0.4, -0.2) is 40.5 Å². The lowest BCUT2D eigenvalue weighted by Gasteiger charge is -2.26. The van der Waals surface area contributed by atoms with Gasteiger partial charge < -0.3 is 14.0 Å². The van der Waals surface area contributed by atoms with E-state index >= 15 is 0 Å². The average molecular weight is 301 g/mol. The van der Waals surface area contributed by atoms with Crippen LogP contribution in [0.2, 0.25) is 0 Å². The van der Waals surface area contributed by atoms with E-state index in [0.717, 1.165) is 62.6 Å². The Kier molecular flexibility index (Phi) is 4.08. The normalized spacial score (nSPS) is 26.4. The fraction of sp³-hybridized carbons (Fsp3) is 0.647. The second-order valence-electron chi connectivity index (χ2n) is 6.33. The Hall–Kier alpha value is -1.46. The Morgan fingerprint density at radius 2 is 2.18 bits per heavy atom. The standard InChI is InChI=1S/C17H23N3O2/c1-2-10-22-14(6-1)11-20-16(13-5-4-9-21-12-13)19-15-7-3-8-18-17(15)20/h3,7-8,13-14H,1-2,4-6,9-12H2. The summed E-state index contributed by atoms with van der Waals surface area (Å²) in [6, 6.07) is 4.01. The molecule has 0 saturated carbocycles. The summed E-state index contributed by atoms with van der Waals surface area (Å²) < 4.78 is 13.9. The van der Waals surface area contributed by atoms with E-state index in [4.69, 9.17) is 14.5 Å². The first-order valence-corrected chi connectivity index (χ1v) is 8.42. The van der Waals surface area contributed by atoms with Gasteiger partial charge in [0, 0.05) is 25.3 Å². The minimum absolute atomic E-state index is 0.288. The van der Waals surface area contributed by atoms with Crippen LogP contribution in [0.3, 0.4) is 0 Å². The molecule has 0 bridgehead atoms. The van der Waals surface area contributed by atoms with E-state index in [0.29, 0.717) is 5.92 Å². The quantitative estimate of drug-likeness (QED) is 0.874. The number of ether oxygens (including phenoxy) is 2. The zero-order chi connectivity index (χ0) is 14.8. The summed E-state index contributed by atoms with van der Waals surface area (Å²) in [7, 11) is 0. The van der Waals surface area contributed by atoms with E-state index in [9.17, 15) is 0 Å². The Labute approximate surface area is 130 Å². The van der Waals surface area contributed by atoms with Crippen molar-refractivity contribution in [2.75, 3.05) is 19.8 Å². The van der Waals surface area contributed by atoms with Gasteiger partial charge in [-0.05, 0) is 44.2 Å². The van der Waals surface area contributed by atoms with Crippen LogP contribution in [0.5, 0.6) is 0 Å². The number of rotatable bonds is 3. The van der Waals surface area contributed by atoms with E-state index in [2.05, 4.69) is 9.55 Å². The van der Waals surface area contributed by atoms with Crippen LogP contribution < -0.4 is 0 Å². The molecule has 2 unspecified atom stereocenters. The highest BCUT2D eigenvalue weighted by molar-refractivity contribution is 5.71. The maximum Gasteiger partial charge on any atom is 0.160 e. The first-order valence-electron chi connectivity index (χ1n) is 8.42. The lowest BCUT2D eigenvalue weighted by Crippen LogP contribution is -2.27. The molecule has 0 radical (unpaired) electrons. The van der Waals surface area contributed by atoms with Crippen molar-refractivity contribution in [3.63, 3.8) is 0 Å². The second-order valence-corrected chi connectivity index (χ2v) is 6.33. The maximum absolute atomic E-state index is 5.93. The van der Waals surface area contributed by atoms with Crippen LogP contribution in [0.25, 0.3) is 11.2 Å². The molecule has 0 aromatic carbocycles. The number of aromatic nitrogens is 3. The third-order valence-electron chi connectivity index (χ3n) is 4.72. The highest BCUT2D eigenvalue weighted by Gasteiger charge is 2.25. The van der Waals surface area contributed by atoms with Crippen LogP contribution in [0, 0.1) is 0 Å². The predicted octanol–water partition coefficient (Wildman–Crippen LogP) is 2.89. The van der Waals surface area contributed by atoms with Gasteiger partial charge in [-0.25, -0.2) is 9.97 Å². The molecule has 0 aliphatic carbocycles. The summed E-state index contributed by atoms with van der Waals surface area (Å²) in [5, 5.41) is 0. The first-order chi connectivity index (χ1) is 10.9. The topological polar surface area (TPSA) is 49.2 Å². The summed E-state index contributed by atoms with van der Waals surface area (Å²) in [6.45, 7) is 3.39. The molecule has 2 aliphatic heterocycles. The van der Waals surface area contributed by atoms with Crippen molar-refractivity contribution >= 4 is 11.2 Å². The summed E-state index contributed by atoms with van der Waals surface area (Å²) in [6.07, 6.45) is 7.97. The van der Waals surface area contributed by atoms with Crippen LogP contribution in [0.1, 0.15) is 43.8 Å². The summed E-state index contributed by atoms with van der Waals surface area (Å²) in [5.41, 5.74) is 1.97. The van der Waals surface area contributed by atoms with Gasteiger partial charge in [0.1, 0.15) is 11.3 Å². The van der Waals surface area contributed by atoms with Crippen molar-refractivity contribution < 1.29 is 9.47 Å². The molecule has 2 aliphatic rings. The Morgan fingerprint density at radius 1 is 1.18 bits per heavy atom. The van der Waals surface area contributed by atoms with Gasteiger partial charge in [0.2, 0.25) is 0 Å². The van der Waals surface area contributed by atoms with E-state index in [1.54, 1.807) is 0 Å². The third-order valence-corrected chi connectivity index (χ3v) is 4.72. The van der Waals surface area contributed by atoms with Gasteiger partial charge in [-0.1, -0.05) is 0 Å². The molecule has 5 nitrogen and oxygen atoms in total. The van der Waals surface area contributed by atoms with Crippen molar-refractivity contribution in [2.24, 2.45) is 0 Å². The average Bonchev–Trinajstić information content (AvgIpc) is 2.95. The second kappa shape index (κ2) is 6.34. The van der Waals surface area contributed by atoms with Gasteiger partial charge in [-0.2, -0.15) is 0 Å². The lowest BCUT2D eigenvalue weighted by molar-refractivity contribution is 0.00517. The van der Waals surface area contributed by atoms with Gasteiger partial charge in [0.05, 0.1) is 19.3 Å². The monoisotopic (exact) mass is 301 g/mol. The highest BCUT2D eigenvalue weighted by atomic mass is 16.5. The van der Waals surface area contributed by atoms with Crippen LogP contribution >= 0.6 is 0 Å². The summed E-state index contributed by atoms with van der Waals surface area (Å²) >= 11 is 0. The first kappa shape index (κ1) is 14.2. The predicted molar refractivity (Wildman–Crippen MR) is 83.9 cm³/mol. The van der Waals surface area contributed by atoms with Crippen LogP contribution in [0.4, 0.5) is 0 Å². The molecule has 22 heavy (non-hydrogen) atoms. The fourth-order valence-electron chi connectivity index (χ4n) is 3.57. The molecule has 2 aromatic rings. The largest absolute Gasteiger partial charge is 0.381 e. The number of pyridine rings is 1. The zero-order valence-corrected chi connectivity index (χ0v) is 12.9. The number of hydrogen-bond donors (Lipinski definition) is 0. The Morgan fingerprint density at radius 3 is 3.00 bits per heavy atom. The van der Waals surface area contributed by atoms with Crippen LogP contribution in [-0.2, 0) is 16.0 Å². The smallest absolute Gasteiger partial charge is 0.160 e. The van der Waals surface area contributed by atoms with Crippen molar-refractivity contribution in [1.82, 2.24) is 14.5 Å². The molecule has 0 amide bonds. The molecule has 0 spiro atoms. The van der Waals surface area contributed by atoms with Gasteiger partial charge in [-0.15, -0.1) is 0 Å². The molecule has 2 fully saturated rings. The van der Waals surface area contributed by atoms with Crippen molar-refractivity contribution in [3.8, 4) is 0 Å². The Balaban J connectivity index is 1.69. The van der Waals surface area contributed by atoms with E-state index < -0.39 is 0 Å². The van der Waals surface area contributed by atoms with E-state index in [1.165, 1.54) is 12.8 Å². The molecule has 2 aromatic heterocycles. The zero-order valence-electron chi connectivity index (χ0n) is 12.9. The van der Waals surface area contributed by atoms with Gasteiger partial charge in [-0.3, -0.25) is 0 Å². The molecule has 2 atom stereocenters. The number of fused-ring (bicyclic) bond motifs is 1. The van der Waals surface area contributed by atoms with Crippen LogP contribution in [0.15, 0.2) is 18.3 Å². The maximum atomic E-state index is 5.93. The Bertz CT molecular complexity index is 628. The lowest BCUT2D eigenvalue weighted by atomic mass is 10.0. The van der Waals surface area contributed by atoms with E-state index in [1.807, 2.05) is 18.3 Å². The fourth-order valence-corrected chi connectivity index (χ4v) is 3.57. The van der Waals surface area contributed by atoms with Crippen molar-refractivity contribution in [2.45, 2.75) is 50.7 Å². The molecular formula is C17H23N3O2. The van der Waals surface area contributed by atoms with Crippen molar-refractivity contribution in [3.05, 3.63) is 24.2 Å². The van der Waals surface area contributed by atoms with E-state index in [-0.39, 0.29) is 6.10 Å². The van der Waals surface area contributed by atoms with Gasteiger partial charge in [0.15, 0.2) is 5.65 Å². The number of imidazole rings is 1. The molecule has 0 N–H and O–H groups in total. The van der Waals surface area contributed by atoms with Gasteiger partial charge >= 0.3 is 0 Å². The van der Waals surface area contributed by atoms with Gasteiger partial charge in [0.25, 0.3) is 0 Å².